The maximum atomic E-state index is 8.49. The second-order valence-electron chi connectivity index (χ2n) is 6.55. The lowest BCUT2D eigenvalue weighted by atomic mass is 10.0. The third kappa shape index (κ3) is 7.27. The van der Waals surface area contributed by atoms with Crippen molar-refractivity contribution >= 4 is 22.6 Å². The van der Waals surface area contributed by atoms with E-state index >= 15 is 0 Å². The summed E-state index contributed by atoms with van der Waals surface area (Å²) in [6, 6.07) is 30.9. The van der Waals surface area contributed by atoms with Gasteiger partial charge in [-0.05, 0) is 76.7 Å². The average Bonchev–Trinajstić information content (AvgIpc) is 2.79. The van der Waals surface area contributed by atoms with Crippen LogP contribution in [0.15, 0.2) is 95.4 Å². The van der Waals surface area contributed by atoms with Crippen LogP contribution >= 0.6 is 22.6 Å². The maximum Gasteiger partial charge on any atom is 0.361 e. The molecule has 0 bridgehead atoms. The van der Waals surface area contributed by atoms with E-state index in [-0.39, 0.29) is 0 Å². The predicted molar refractivity (Wildman–Crippen MR) is 119 cm³/mol. The van der Waals surface area contributed by atoms with E-state index < -0.39 is 10.2 Å². The summed E-state index contributed by atoms with van der Waals surface area (Å²) in [4.78, 5) is 0. The average molecular weight is 565 g/mol. The van der Waals surface area contributed by atoms with E-state index in [0.717, 1.165) is 39.5 Å². The van der Waals surface area contributed by atoms with Crippen LogP contribution in [0.2, 0.25) is 0 Å². The smallest absolute Gasteiger partial charge is 0.361 e. The Morgan fingerprint density at radius 1 is 0.656 bits per heavy atom. The van der Waals surface area contributed by atoms with Gasteiger partial charge in [0.05, 0.1) is 30.4 Å². The molecule has 8 heteroatoms. The van der Waals surface area contributed by atoms with Gasteiger partial charge in [-0.2, -0.15) is 0 Å². The minimum atomic E-state index is -4.94. The predicted octanol–water partition coefficient (Wildman–Crippen LogP) is 2.42. The van der Waals surface area contributed by atoms with Crippen molar-refractivity contribution in [3.63, 3.8) is 0 Å². The highest BCUT2D eigenvalue weighted by atomic mass is 127. The van der Waals surface area contributed by atoms with E-state index in [1.165, 1.54) is 3.57 Å². The van der Waals surface area contributed by atoms with Crippen LogP contribution < -0.4 is 23.4 Å². The van der Waals surface area contributed by atoms with Crippen LogP contribution in [0.4, 0.5) is 0 Å². The lowest BCUT2D eigenvalue weighted by molar-refractivity contribution is -2.00. The molecule has 0 N–H and O–H groups in total. The molecule has 0 saturated heterocycles. The van der Waals surface area contributed by atoms with Gasteiger partial charge in [0.25, 0.3) is 0 Å². The van der Waals surface area contributed by atoms with Crippen molar-refractivity contribution in [1.82, 2.24) is 0 Å². The summed E-state index contributed by atoms with van der Waals surface area (Å²) in [5.41, 5.74) is 4.36. The van der Waals surface area contributed by atoms with Gasteiger partial charge in [-0.15, -0.1) is 10.2 Å². The van der Waals surface area contributed by atoms with Crippen molar-refractivity contribution in [2.45, 2.75) is 0 Å². The van der Waals surface area contributed by atoms with Gasteiger partial charge in [0.1, 0.15) is 5.75 Å². The van der Waals surface area contributed by atoms with E-state index in [9.17, 15) is 0 Å². The highest BCUT2D eigenvalue weighted by molar-refractivity contribution is 14.1. The Labute approximate surface area is 201 Å². The van der Waals surface area contributed by atoms with Crippen molar-refractivity contribution in [3.05, 3.63) is 94.6 Å². The number of hydrogen-bond donors (Lipinski definition) is 0. The van der Waals surface area contributed by atoms with Crippen LogP contribution in [0.1, 0.15) is 0 Å². The fourth-order valence-corrected chi connectivity index (χ4v) is 3.31. The molecule has 3 aromatic carbocycles. The molecule has 0 aliphatic rings. The van der Waals surface area contributed by atoms with Crippen LogP contribution in [0.3, 0.4) is 0 Å². The summed E-state index contributed by atoms with van der Waals surface area (Å²) >= 11 is 2.31. The third-order valence-electron chi connectivity index (χ3n) is 4.40. The SMILES string of the molecule is COc1ccc(-c2cc(-c3ccccc3)cc(-c3ccc(I)cc3)[o+]2)cc1.[O-][Cl+3]([O-])([O-])[O-]. The number of methoxy groups -OCH3 is 1. The van der Waals surface area contributed by atoms with Crippen LogP contribution in [-0.4, -0.2) is 7.11 Å². The molecule has 6 nitrogen and oxygen atoms in total. The van der Waals surface area contributed by atoms with Gasteiger partial charge in [-0.3, -0.25) is 0 Å². The summed E-state index contributed by atoms with van der Waals surface area (Å²) in [6.45, 7) is 0. The van der Waals surface area contributed by atoms with Gasteiger partial charge in [0.2, 0.25) is 0 Å². The fourth-order valence-electron chi connectivity index (χ4n) is 2.95. The molecular weight excluding hydrogens is 547 g/mol. The lowest BCUT2D eigenvalue weighted by Crippen LogP contribution is -2.68. The number of rotatable bonds is 4. The maximum absolute atomic E-state index is 8.49. The highest BCUT2D eigenvalue weighted by Crippen LogP contribution is 2.33. The van der Waals surface area contributed by atoms with E-state index in [2.05, 4.69) is 83.3 Å². The van der Waals surface area contributed by atoms with E-state index in [4.69, 9.17) is 27.8 Å². The molecule has 0 fully saturated rings. The molecule has 0 radical (unpaired) electrons. The van der Waals surface area contributed by atoms with Gasteiger partial charge in [0, 0.05) is 9.13 Å². The van der Waals surface area contributed by atoms with Crippen molar-refractivity contribution in [2.75, 3.05) is 7.11 Å². The highest BCUT2D eigenvalue weighted by Gasteiger charge is 2.20. The van der Waals surface area contributed by atoms with E-state index in [1.807, 2.05) is 30.3 Å². The Morgan fingerprint density at radius 3 is 1.59 bits per heavy atom. The molecule has 1 heterocycles. The first kappa shape index (κ1) is 24.1. The molecule has 0 amide bonds. The molecule has 0 atom stereocenters. The zero-order valence-corrected chi connectivity index (χ0v) is 19.8. The Kier molecular flexibility index (Phi) is 8.19. The van der Waals surface area contributed by atoms with E-state index in [0.29, 0.717) is 0 Å². The van der Waals surface area contributed by atoms with Crippen LogP contribution in [0.5, 0.6) is 5.75 Å². The number of ether oxygens (including phenoxy) is 1. The number of hydrogen-bond acceptors (Lipinski definition) is 5. The molecular formula is C24H18ClIO6. The molecule has 0 unspecified atom stereocenters. The molecule has 164 valence electrons. The lowest BCUT2D eigenvalue weighted by Gasteiger charge is -2.17. The Morgan fingerprint density at radius 2 is 1.12 bits per heavy atom. The molecule has 4 aromatic rings. The Bertz CT molecular complexity index is 1140. The largest absolute Gasteiger partial charge is 0.497 e. The molecule has 1 aromatic heterocycles. The third-order valence-corrected chi connectivity index (χ3v) is 5.12. The number of halogens is 2. The first-order valence-electron chi connectivity index (χ1n) is 9.28. The number of benzene rings is 3. The summed E-state index contributed by atoms with van der Waals surface area (Å²) in [5.74, 6) is 2.50. The standard InChI is InChI=1S/C24H18IO2.ClHO4/c1-26-22-13-9-19(10-14-22)24-16-20(17-5-3-2-4-6-17)15-23(27-24)18-7-11-21(25)12-8-18;2-1(3,4)5/h2-16H,1H3;(H,2,3,4,5)/q+1;/p-1. The minimum absolute atomic E-state index is 0.826. The van der Waals surface area contributed by atoms with Crippen molar-refractivity contribution in [2.24, 2.45) is 0 Å². The van der Waals surface area contributed by atoms with Gasteiger partial charge in [-0.1, -0.05) is 30.3 Å². The summed E-state index contributed by atoms with van der Waals surface area (Å²) in [5, 5.41) is 0. The topological polar surface area (TPSA) is 113 Å². The molecule has 0 aliphatic carbocycles. The molecule has 0 spiro atoms. The zero-order chi connectivity index (χ0) is 23.1. The molecule has 4 rings (SSSR count). The van der Waals surface area contributed by atoms with Crippen molar-refractivity contribution in [3.8, 4) is 39.5 Å². The normalized spacial score (nSPS) is 10.8. The van der Waals surface area contributed by atoms with Gasteiger partial charge >= 0.3 is 11.5 Å². The first-order valence-corrected chi connectivity index (χ1v) is 11.6. The van der Waals surface area contributed by atoms with Crippen molar-refractivity contribution in [1.29, 1.82) is 0 Å². The molecule has 32 heavy (non-hydrogen) atoms. The summed E-state index contributed by atoms with van der Waals surface area (Å²) in [7, 11) is -3.27. The Balaban J connectivity index is 0.000000523. The molecule has 0 aliphatic heterocycles. The van der Waals surface area contributed by atoms with Gasteiger partial charge < -0.3 is 4.74 Å². The molecule has 0 saturated carbocycles. The van der Waals surface area contributed by atoms with Crippen LogP contribution in [0.25, 0.3) is 33.8 Å². The van der Waals surface area contributed by atoms with Crippen molar-refractivity contribution < 1.29 is 38.0 Å². The first-order chi connectivity index (χ1) is 15.2. The summed E-state index contributed by atoms with van der Waals surface area (Å²) in [6.07, 6.45) is 0. The monoisotopic (exact) mass is 564 g/mol. The van der Waals surface area contributed by atoms with E-state index in [1.54, 1.807) is 7.11 Å². The minimum Gasteiger partial charge on any atom is -0.497 e. The zero-order valence-electron chi connectivity index (χ0n) is 16.9. The summed E-state index contributed by atoms with van der Waals surface area (Å²) < 4.78 is 46.7. The fraction of sp³-hybridized carbons (Fsp3) is 0.0417. The van der Waals surface area contributed by atoms with Gasteiger partial charge in [-0.25, -0.2) is 23.1 Å². The second kappa shape index (κ2) is 10.9. The van der Waals surface area contributed by atoms with Crippen LogP contribution in [0, 0.1) is 13.8 Å². The van der Waals surface area contributed by atoms with Gasteiger partial charge in [0.15, 0.2) is 0 Å². The van der Waals surface area contributed by atoms with Crippen LogP contribution in [-0.2, 0) is 0 Å². The second-order valence-corrected chi connectivity index (χ2v) is 8.56. The Hall–Kier alpha value is -2.53. The quantitative estimate of drug-likeness (QED) is 0.278.